The molecule has 0 radical (unpaired) electrons. The van der Waals surface area contributed by atoms with Crippen molar-refractivity contribution in [3.8, 4) is 12.0 Å². The van der Waals surface area contributed by atoms with E-state index in [4.69, 9.17) is 9.15 Å². The molecule has 0 aliphatic rings. The van der Waals surface area contributed by atoms with Crippen LogP contribution in [0, 0.1) is 18.3 Å². The summed E-state index contributed by atoms with van der Waals surface area (Å²) in [5.74, 6) is -1.57. The van der Waals surface area contributed by atoms with E-state index in [9.17, 15) is 28.0 Å². The summed E-state index contributed by atoms with van der Waals surface area (Å²) in [4.78, 5) is 24.6. The first-order chi connectivity index (χ1) is 13.7. The molecule has 0 N–H and O–H groups in total. The summed E-state index contributed by atoms with van der Waals surface area (Å²) in [6.45, 7) is 0.674. The Morgan fingerprint density at radius 1 is 1.21 bits per heavy atom. The molecule has 0 aliphatic carbocycles. The molecule has 148 valence electrons. The van der Waals surface area contributed by atoms with E-state index in [0.717, 1.165) is 12.1 Å². The molecule has 9 heteroatoms. The van der Waals surface area contributed by atoms with E-state index in [1.54, 1.807) is 24.5 Å². The maximum atomic E-state index is 12.8. The van der Waals surface area contributed by atoms with Gasteiger partial charge in [-0.2, -0.15) is 18.4 Å². The zero-order chi connectivity index (χ0) is 21.2. The van der Waals surface area contributed by atoms with Gasteiger partial charge < -0.3 is 9.15 Å². The van der Waals surface area contributed by atoms with Crippen LogP contribution in [0.1, 0.15) is 37.6 Å². The van der Waals surface area contributed by atoms with Crippen molar-refractivity contribution in [1.82, 2.24) is 4.57 Å². The largest absolute Gasteiger partial charge is 0.454 e. The molecule has 0 bridgehead atoms. The average molecular weight is 402 g/mol. The number of carbonyl (C=O) groups excluding carboxylic acids is 2. The fraction of sp³-hybridized carbons (Fsp3) is 0.150. The Labute approximate surface area is 162 Å². The molecule has 0 unspecified atom stereocenters. The number of ether oxygens (including phenoxy) is 1. The third kappa shape index (κ3) is 4.06. The SMILES string of the molecule is Cc1oc(-n2cccc2)c(C#N)c1C(=O)OCC(=O)c1cccc(C(F)(F)F)c1. The molecule has 6 nitrogen and oxygen atoms in total. The highest BCUT2D eigenvalue weighted by molar-refractivity contribution is 6.00. The first-order valence-corrected chi connectivity index (χ1v) is 8.26. The highest BCUT2D eigenvalue weighted by atomic mass is 19.4. The number of aryl methyl sites for hydroxylation is 1. The van der Waals surface area contributed by atoms with Crippen LogP contribution >= 0.6 is 0 Å². The Bertz CT molecular complexity index is 1110. The molecular weight excluding hydrogens is 389 g/mol. The lowest BCUT2D eigenvalue weighted by atomic mass is 10.1. The van der Waals surface area contributed by atoms with E-state index in [1.165, 1.54) is 17.6 Å². The number of carbonyl (C=O) groups is 2. The van der Waals surface area contributed by atoms with Crippen LogP contribution in [-0.2, 0) is 10.9 Å². The lowest BCUT2D eigenvalue weighted by Gasteiger charge is -2.08. The van der Waals surface area contributed by atoms with Crippen LogP contribution in [-0.4, -0.2) is 22.9 Å². The molecule has 29 heavy (non-hydrogen) atoms. The van der Waals surface area contributed by atoms with Crippen LogP contribution < -0.4 is 0 Å². The number of halogens is 3. The van der Waals surface area contributed by atoms with E-state index >= 15 is 0 Å². The smallest absolute Gasteiger partial charge is 0.416 e. The number of hydrogen-bond acceptors (Lipinski definition) is 5. The Kier molecular flexibility index (Phi) is 5.28. The van der Waals surface area contributed by atoms with Gasteiger partial charge in [0, 0.05) is 18.0 Å². The van der Waals surface area contributed by atoms with Gasteiger partial charge in [-0.3, -0.25) is 9.36 Å². The standard InChI is InChI=1S/C20H13F3N2O4/c1-12-17(15(10-24)18(29-12)25-7-2-3-8-25)19(27)28-11-16(26)13-5-4-6-14(9-13)20(21,22)23/h2-9H,11H2,1H3. The summed E-state index contributed by atoms with van der Waals surface area (Å²) in [6, 6.07) is 9.07. The molecule has 3 aromatic rings. The first-order valence-electron chi connectivity index (χ1n) is 8.26. The summed E-state index contributed by atoms with van der Waals surface area (Å²) in [5.41, 5.74) is -1.45. The van der Waals surface area contributed by atoms with Gasteiger partial charge in [-0.15, -0.1) is 0 Å². The lowest BCUT2D eigenvalue weighted by Crippen LogP contribution is -2.16. The van der Waals surface area contributed by atoms with Gasteiger partial charge in [0.25, 0.3) is 0 Å². The number of esters is 1. The summed E-state index contributed by atoms with van der Waals surface area (Å²) in [5, 5.41) is 9.42. The molecular formula is C20H13F3N2O4. The van der Waals surface area contributed by atoms with Gasteiger partial charge in [0.15, 0.2) is 12.4 Å². The van der Waals surface area contributed by atoms with E-state index < -0.39 is 30.1 Å². The van der Waals surface area contributed by atoms with E-state index in [-0.39, 0.29) is 28.3 Å². The Morgan fingerprint density at radius 3 is 2.52 bits per heavy atom. The van der Waals surface area contributed by atoms with Crippen molar-refractivity contribution < 1.29 is 31.9 Å². The van der Waals surface area contributed by atoms with E-state index in [2.05, 4.69) is 0 Å². The van der Waals surface area contributed by atoms with Crippen molar-refractivity contribution in [2.75, 3.05) is 6.61 Å². The summed E-state index contributed by atoms with van der Waals surface area (Å²) in [7, 11) is 0. The first kappa shape index (κ1) is 19.9. The van der Waals surface area contributed by atoms with Gasteiger partial charge in [0.2, 0.25) is 5.88 Å². The Hall–Kier alpha value is -3.80. The number of ketones is 1. The number of alkyl halides is 3. The molecule has 3 rings (SSSR count). The van der Waals surface area contributed by atoms with Crippen molar-refractivity contribution in [1.29, 1.82) is 5.26 Å². The zero-order valence-corrected chi connectivity index (χ0v) is 15.0. The number of aromatic nitrogens is 1. The maximum Gasteiger partial charge on any atom is 0.416 e. The molecule has 0 atom stereocenters. The average Bonchev–Trinajstić information content (AvgIpc) is 3.32. The van der Waals surface area contributed by atoms with Gasteiger partial charge in [-0.25, -0.2) is 4.79 Å². The molecule has 2 heterocycles. The normalized spacial score (nSPS) is 11.1. The molecule has 0 spiro atoms. The van der Waals surface area contributed by atoms with E-state index in [1.807, 2.05) is 6.07 Å². The predicted octanol–water partition coefficient (Wildman–Crippen LogP) is 4.31. The minimum Gasteiger partial charge on any atom is -0.454 e. The number of nitriles is 1. The Morgan fingerprint density at radius 2 is 1.90 bits per heavy atom. The second-order valence-corrected chi connectivity index (χ2v) is 5.99. The molecule has 0 saturated carbocycles. The number of hydrogen-bond donors (Lipinski definition) is 0. The van der Waals surface area contributed by atoms with Crippen molar-refractivity contribution in [2.24, 2.45) is 0 Å². The molecule has 0 saturated heterocycles. The molecule has 0 amide bonds. The monoisotopic (exact) mass is 402 g/mol. The summed E-state index contributed by atoms with van der Waals surface area (Å²) >= 11 is 0. The van der Waals surface area contributed by atoms with Gasteiger partial charge in [0.1, 0.15) is 23.0 Å². The Balaban J connectivity index is 1.78. The highest BCUT2D eigenvalue weighted by Gasteiger charge is 2.31. The van der Waals surface area contributed by atoms with Gasteiger partial charge in [-0.05, 0) is 31.2 Å². The van der Waals surface area contributed by atoms with Crippen molar-refractivity contribution in [2.45, 2.75) is 13.1 Å². The second kappa shape index (κ2) is 7.67. The van der Waals surface area contributed by atoms with Gasteiger partial charge in [0.05, 0.1) is 5.56 Å². The number of Topliss-reactive ketones (excluding diaryl/α,β-unsaturated/α-hetero) is 1. The van der Waals surface area contributed by atoms with E-state index in [0.29, 0.717) is 6.07 Å². The van der Waals surface area contributed by atoms with Crippen LogP contribution in [0.15, 0.2) is 53.2 Å². The zero-order valence-electron chi connectivity index (χ0n) is 15.0. The number of nitrogens with zero attached hydrogens (tertiary/aromatic N) is 2. The third-order valence-corrected chi connectivity index (χ3v) is 4.07. The van der Waals surface area contributed by atoms with Crippen LogP contribution in [0.2, 0.25) is 0 Å². The van der Waals surface area contributed by atoms with Gasteiger partial charge >= 0.3 is 12.1 Å². The quantitative estimate of drug-likeness (QED) is 0.469. The fourth-order valence-corrected chi connectivity index (χ4v) is 2.69. The van der Waals surface area contributed by atoms with Crippen molar-refractivity contribution in [3.63, 3.8) is 0 Å². The van der Waals surface area contributed by atoms with Crippen molar-refractivity contribution in [3.05, 3.63) is 76.8 Å². The minimum absolute atomic E-state index is 0.0739. The van der Waals surface area contributed by atoms with Crippen molar-refractivity contribution >= 4 is 11.8 Å². The molecule has 2 aromatic heterocycles. The van der Waals surface area contributed by atoms with Crippen LogP contribution in [0.4, 0.5) is 13.2 Å². The third-order valence-electron chi connectivity index (χ3n) is 4.07. The molecule has 1 aromatic carbocycles. The van der Waals surface area contributed by atoms with Gasteiger partial charge in [-0.1, -0.05) is 12.1 Å². The summed E-state index contributed by atoms with van der Waals surface area (Å²) < 4.78 is 50.2. The maximum absolute atomic E-state index is 12.8. The fourth-order valence-electron chi connectivity index (χ4n) is 2.69. The molecule has 0 aliphatic heterocycles. The topological polar surface area (TPSA) is 85.2 Å². The van der Waals surface area contributed by atoms with Crippen LogP contribution in [0.25, 0.3) is 5.88 Å². The highest BCUT2D eigenvalue weighted by Crippen LogP contribution is 2.30. The lowest BCUT2D eigenvalue weighted by molar-refractivity contribution is -0.137. The predicted molar refractivity (Wildman–Crippen MR) is 93.5 cm³/mol. The molecule has 0 fully saturated rings. The number of furan rings is 1. The second-order valence-electron chi connectivity index (χ2n) is 5.99. The number of benzene rings is 1. The number of rotatable bonds is 5. The van der Waals surface area contributed by atoms with Crippen LogP contribution in [0.5, 0.6) is 0 Å². The van der Waals surface area contributed by atoms with Crippen LogP contribution in [0.3, 0.4) is 0 Å². The minimum atomic E-state index is -4.60. The summed E-state index contributed by atoms with van der Waals surface area (Å²) in [6.07, 6.45) is -1.37.